The highest BCUT2D eigenvalue weighted by molar-refractivity contribution is 6.35. The molecule has 3 aromatic rings. The Morgan fingerprint density at radius 1 is 0.964 bits per heavy atom. The molecule has 0 bridgehead atoms. The Labute approximate surface area is 166 Å². The van der Waals surface area contributed by atoms with Gasteiger partial charge in [0, 0.05) is 0 Å². The number of benzene rings is 3. The number of Topliss-reactive ketones (excluding diaryl/α,β-unsaturated/α-hetero) is 1. The molecule has 0 aliphatic heterocycles. The van der Waals surface area contributed by atoms with Gasteiger partial charge in [0.15, 0.2) is 6.61 Å². The van der Waals surface area contributed by atoms with Crippen LogP contribution in [0.1, 0.15) is 15.9 Å². The first-order valence-corrected chi connectivity index (χ1v) is 8.77. The number of azo groups is 1. The van der Waals surface area contributed by atoms with Crippen molar-refractivity contribution in [1.29, 1.82) is 0 Å². The summed E-state index contributed by atoms with van der Waals surface area (Å²) in [4.78, 5) is 12.7. The summed E-state index contributed by atoms with van der Waals surface area (Å²) in [5.74, 6) is -0.272. The van der Waals surface area contributed by atoms with Crippen molar-refractivity contribution >= 4 is 28.8 Å². The molecule has 0 atom stereocenters. The summed E-state index contributed by atoms with van der Waals surface area (Å²) in [5.41, 5.74) is 1.17. The van der Waals surface area contributed by atoms with Crippen molar-refractivity contribution in [2.75, 3.05) is 6.61 Å². The summed E-state index contributed by atoms with van der Waals surface area (Å²) >= 11 is 6.17. The van der Waals surface area contributed by atoms with E-state index in [2.05, 4.69) is 10.2 Å². The Bertz CT molecular complexity index is 1030. The normalized spacial score (nSPS) is 10.9. The van der Waals surface area contributed by atoms with Crippen LogP contribution < -0.4 is 4.74 Å². The van der Waals surface area contributed by atoms with E-state index in [-0.39, 0.29) is 40.1 Å². The smallest absolute Gasteiger partial charge is 0.204 e. The Morgan fingerprint density at radius 3 is 2.39 bits per heavy atom. The van der Waals surface area contributed by atoms with Crippen LogP contribution in [0.4, 0.5) is 11.4 Å². The summed E-state index contributed by atoms with van der Waals surface area (Å²) in [5, 5.41) is 27.9. The number of hydrogen-bond donors (Lipinski definition) is 2. The fraction of sp³-hybridized carbons (Fsp3) is 0.0952. The minimum atomic E-state index is -0.465. The van der Waals surface area contributed by atoms with Gasteiger partial charge in [-0.05, 0) is 43.3 Å². The molecule has 2 N–H and O–H groups in total. The largest absolute Gasteiger partial charge is 0.506 e. The monoisotopic (exact) mass is 396 g/mol. The first-order valence-electron chi connectivity index (χ1n) is 8.39. The number of halogens is 1. The van der Waals surface area contributed by atoms with Crippen LogP contribution in [0.2, 0.25) is 5.02 Å². The summed E-state index contributed by atoms with van der Waals surface area (Å²) in [6.07, 6.45) is 0. The lowest BCUT2D eigenvalue weighted by molar-refractivity contribution is 0.0922. The van der Waals surface area contributed by atoms with Crippen LogP contribution in [0.15, 0.2) is 70.9 Å². The van der Waals surface area contributed by atoms with Crippen molar-refractivity contribution in [3.05, 3.63) is 76.8 Å². The second-order valence-corrected chi connectivity index (χ2v) is 6.41. The van der Waals surface area contributed by atoms with Gasteiger partial charge in [-0.2, -0.15) is 0 Å². The van der Waals surface area contributed by atoms with Crippen LogP contribution in [0, 0.1) is 6.92 Å². The van der Waals surface area contributed by atoms with E-state index >= 15 is 0 Å². The van der Waals surface area contributed by atoms with Crippen LogP contribution >= 0.6 is 11.6 Å². The van der Waals surface area contributed by atoms with Gasteiger partial charge in [0.1, 0.15) is 28.6 Å². The van der Waals surface area contributed by atoms with E-state index in [0.717, 1.165) is 5.56 Å². The Kier molecular flexibility index (Phi) is 5.91. The maximum atomic E-state index is 12.7. The highest BCUT2D eigenvalue weighted by atomic mass is 35.5. The van der Waals surface area contributed by atoms with E-state index in [9.17, 15) is 15.0 Å². The van der Waals surface area contributed by atoms with E-state index in [1.54, 1.807) is 30.3 Å². The molecule has 0 saturated carbocycles. The number of phenolic OH excluding ortho intramolecular Hbond substituents is 2. The second kappa shape index (κ2) is 8.54. The van der Waals surface area contributed by atoms with Gasteiger partial charge in [-0.25, -0.2) is 0 Å². The number of para-hydroxylation sites is 1. The lowest BCUT2D eigenvalue weighted by Crippen LogP contribution is -2.12. The summed E-state index contributed by atoms with van der Waals surface area (Å²) < 4.78 is 5.51. The second-order valence-electron chi connectivity index (χ2n) is 6.00. The zero-order chi connectivity index (χ0) is 20.1. The van der Waals surface area contributed by atoms with Crippen LogP contribution in [0.3, 0.4) is 0 Å². The first kappa shape index (κ1) is 19.4. The van der Waals surface area contributed by atoms with Crippen molar-refractivity contribution in [2.45, 2.75) is 6.92 Å². The molecule has 6 nitrogen and oxygen atoms in total. The average molecular weight is 397 g/mol. The number of hydrogen-bond acceptors (Lipinski definition) is 6. The van der Waals surface area contributed by atoms with Gasteiger partial charge >= 0.3 is 0 Å². The molecule has 7 heteroatoms. The van der Waals surface area contributed by atoms with E-state index in [1.807, 2.05) is 19.1 Å². The van der Waals surface area contributed by atoms with E-state index in [0.29, 0.717) is 5.75 Å². The maximum Gasteiger partial charge on any atom is 0.204 e. The molecule has 0 fully saturated rings. The van der Waals surface area contributed by atoms with Crippen LogP contribution in [0.25, 0.3) is 0 Å². The van der Waals surface area contributed by atoms with Crippen LogP contribution in [-0.4, -0.2) is 22.6 Å². The third kappa shape index (κ3) is 4.47. The molecule has 0 aliphatic carbocycles. The first-order chi connectivity index (χ1) is 13.5. The van der Waals surface area contributed by atoms with Crippen molar-refractivity contribution in [1.82, 2.24) is 0 Å². The van der Waals surface area contributed by atoms with Gasteiger partial charge in [0.25, 0.3) is 0 Å². The molecule has 0 heterocycles. The minimum Gasteiger partial charge on any atom is -0.506 e. The van der Waals surface area contributed by atoms with Crippen molar-refractivity contribution in [3.8, 4) is 17.2 Å². The number of aromatic hydroxyl groups is 2. The number of ether oxygens (including phenoxy) is 1. The van der Waals surface area contributed by atoms with Gasteiger partial charge < -0.3 is 14.9 Å². The molecule has 0 amide bonds. The van der Waals surface area contributed by atoms with Crippen molar-refractivity contribution in [3.63, 3.8) is 0 Å². The molecule has 0 saturated heterocycles. The van der Waals surface area contributed by atoms with Gasteiger partial charge in [-0.3, -0.25) is 4.79 Å². The zero-order valence-corrected chi connectivity index (χ0v) is 15.7. The van der Waals surface area contributed by atoms with Crippen LogP contribution in [0.5, 0.6) is 17.2 Å². The Morgan fingerprint density at radius 2 is 1.68 bits per heavy atom. The Balaban J connectivity index is 1.87. The molecule has 3 aromatic carbocycles. The van der Waals surface area contributed by atoms with Gasteiger partial charge in [-0.1, -0.05) is 41.4 Å². The summed E-state index contributed by atoms with van der Waals surface area (Å²) in [6.45, 7) is 1.66. The molecule has 3 rings (SSSR count). The fourth-order valence-electron chi connectivity index (χ4n) is 2.43. The van der Waals surface area contributed by atoms with Crippen molar-refractivity contribution < 1.29 is 19.7 Å². The van der Waals surface area contributed by atoms with E-state index in [1.165, 1.54) is 18.2 Å². The number of aryl methyl sites for hydroxylation is 1. The molecule has 28 heavy (non-hydrogen) atoms. The molecule has 0 spiro atoms. The molecule has 142 valence electrons. The van der Waals surface area contributed by atoms with E-state index in [4.69, 9.17) is 16.3 Å². The molecule has 0 aromatic heterocycles. The third-order valence-corrected chi connectivity index (χ3v) is 4.23. The number of ketones is 1. The molecular formula is C21H17ClN2O4. The third-order valence-electron chi connectivity index (χ3n) is 3.92. The molecule has 0 unspecified atom stereocenters. The molecule has 0 aliphatic rings. The standard InChI is InChI=1S/C21H17ClN2O4/c1-13-6-8-14(9-7-13)28-12-19(27)20-15(22)10-11-18(26)21(20)24-23-16-4-2-3-5-17(16)25/h2-11,25-26H,12H2,1H3. The van der Waals surface area contributed by atoms with E-state index < -0.39 is 5.78 Å². The average Bonchev–Trinajstić information content (AvgIpc) is 2.69. The van der Waals surface area contributed by atoms with Crippen molar-refractivity contribution in [2.24, 2.45) is 10.2 Å². The predicted molar refractivity (Wildman–Crippen MR) is 106 cm³/mol. The van der Waals surface area contributed by atoms with Gasteiger partial charge in [0.2, 0.25) is 5.78 Å². The molecule has 0 radical (unpaired) electrons. The predicted octanol–water partition coefficient (Wildman–Crippen LogP) is 5.74. The SMILES string of the molecule is Cc1ccc(OCC(=O)c2c(Cl)ccc(O)c2N=Nc2ccccc2O)cc1. The number of nitrogens with zero attached hydrogens (tertiary/aromatic N) is 2. The number of carbonyl (C=O) groups excluding carboxylic acids is 1. The molecular weight excluding hydrogens is 380 g/mol. The minimum absolute atomic E-state index is 0.00653. The lowest BCUT2D eigenvalue weighted by atomic mass is 10.1. The number of phenols is 2. The Hall–Kier alpha value is -3.38. The maximum absolute atomic E-state index is 12.7. The zero-order valence-electron chi connectivity index (χ0n) is 15.0. The lowest BCUT2D eigenvalue weighted by Gasteiger charge is -2.10. The highest BCUT2D eigenvalue weighted by Gasteiger charge is 2.20. The summed E-state index contributed by atoms with van der Waals surface area (Å²) in [6, 6.07) is 16.3. The highest BCUT2D eigenvalue weighted by Crippen LogP contribution is 2.38. The fourth-order valence-corrected chi connectivity index (χ4v) is 2.69. The topological polar surface area (TPSA) is 91.5 Å². The summed E-state index contributed by atoms with van der Waals surface area (Å²) in [7, 11) is 0. The number of carbonyl (C=O) groups is 1. The van der Waals surface area contributed by atoms with Gasteiger partial charge in [0.05, 0.1) is 10.6 Å². The van der Waals surface area contributed by atoms with Crippen LogP contribution in [-0.2, 0) is 0 Å². The number of rotatable bonds is 6. The quantitative estimate of drug-likeness (QED) is 0.410. The van der Waals surface area contributed by atoms with Gasteiger partial charge in [-0.15, -0.1) is 10.2 Å².